The SMILES string of the molecule is CCCC(=O)N1CCN(Cc2ccccc2)CC1. The summed E-state index contributed by atoms with van der Waals surface area (Å²) in [6.45, 7) is 6.80. The molecule has 3 nitrogen and oxygen atoms in total. The van der Waals surface area contributed by atoms with Gasteiger partial charge >= 0.3 is 0 Å². The van der Waals surface area contributed by atoms with Crippen LogP contribution in [0.1, 0.15) is 25.3 Å². The van der Waals surface area contributed by atoms with Gasteiger partial charge in [-0.2, -0.15) is 0 Å². The summed E-state index contributed by atoms with van der Waals surface area (Å²) in [5.41, 5.74) is 1.35. The molecule has 1 aliphatic rings. The minimum atomic E-state index is 0.317. The summed E-state index contributed by atoms with van der Waals surface area (Å²) < 4.78 is 0. The number of nitrogens with zero attached hydrogens (tertiary/aromatic N) is 2. The van der Waals surface area contributed by atoms with Crippen LogP contribution in [0.5, 0.6) is 0 Å². The number of carbonyl (C=O) groups excluding carboxylic acids is 1. The third kappa shape index (κ3) is 3.57. The Morgan fingerprint density at radius 1 is 1.11 bits per heavy atom. The maximum Gasteiger partial charge on any atom is 0.222 e. The van der Waals surface area contributed by atoms with Gasteiger partial charge in [0.1, 0.15) is 0 Å². The maximum absolute atomic E-state index is 11.8. The van der Waals surface area contributed by atoms with Crippen molar-refractivity contribution < 1.29 is 4.79 Å². The largest absolute Gasteiger partial charge is 0.340 e. The van der Waals surface area contributed by atoms with Crippen molar-refractivity contribution in [3.8, 4) is 0 Å². The van der Waals surface area contributed by atoms with Gasteiger partial charge in [-0.05, 0) is 12.0 Å². The molecule has 1 aliphatic heterocycles. The van der Waals surface area contributed by atoms with Crippen molar-refractivity contribution in [3.05, 3.63) is 35.9 Å². The Bertz CT molecular complexity index is 369. The van der Waals surface area contributed by atoms with E-state index in [4.69, 9.17) is 0 Å². The fraction of sp³-hybridized carbons (Fsp3) is 0.533. The van der Waals surface area contributed by atoms with Crippen LogP contribution < -0.4 is 0 Å². The number of hydrogen-bond donors (Lipinski definition) is 0. The second-order valence-electron chi connectivity index (χ2n) is 4.89. The van der Waals surface area contributed by atoms with Crippen molar-refractivity contribution in [2.45, 2.75) is 26.3 Å². The van der Waals surface area contributed by atoms with Crippen molar-refractivity contribution in [2.24, 2.45) is 0 Å². The zero-order chi connectivity index (χ0) is 12.8. The lowest BCUT2D eigenvalue weighted by molar-refractivity contribution is -0.133. The molecule has 1 aromatic rings. The third-order valence-electron chi connectivity index (χ3n) is 3.44. The lowest BCUT2D eigenvalue weighted by Crippen LogP contribution is -2.48. The first-order valence-electron chi connectivity index (χ1n) is 6.83. The second kappa shape index (κ2) is 6.55. The molecule has 1 aromatic carbocycles. The average molecular weight is 246 g/mol. The van der Waals surface area contributed by atoms with Crippen LogP contribution in [0, 0.1) is 0 Å². The number of rotatable bonds is 4. The van der Waals surface area contributed by atoms with E-state index in [2.05, 4.69) is 36.1 Å². The van der Waals surface area contributed by atoms with Crippen LogP contribution in [-0.2, 0) is 11.3 Å². The number of carbonyl (C=O) groups is 1. The van der Waals surface area contributed by atoms with Crippen LogP contribution in [0.3, 0.4) is 0 Å². The van der Waals surface area contributed by atoms with E-state index >= 15 is 0 Å². The van der Waals surface area contributed by atoms with Crippen LogP contribution in [0.2, 0.25) is 0 Å². The van der Waals surface area contributed by atoms with E-state index in [0.29, 0.717) is 12.3 Å². The van der Waals surface area contributed by atoms with Gasteiger partial charge in [0.25, 0.3) is 0 Å². The first-order chi connectivity index (χ1) is 8.79. The zero-order valence-corrected chi connectivity index (χ0v) is 11.1. The van der Waals surface area contributed by atoms with Crippen LogP contribution in [-0.4, -0.2) is 41.9 Å². The summed E-state index contributed by atoms with van der Waals surface area (Å²) in [6.07, 6.45) is 1.64. The normalized spacial score (nSPS) is 16.8. The average Bonchev–Trinajstić information content (AvgIpc) is 2.41. The Balaban J connectivity index is 1.78. The summed E-state index contributed by atoms with van der Waals surface area (Å²) >= 11 is 0. The van der Waals surface area contributed by atoms with E-state index in [-0.39, 0.29) is 0 Å². The van der Waals surface area contributed by atoms with Gasteiger partial charge in [0.15, 0.2) is 0 Å². The molecule has 2 rings (SSSR count). The number of hydrogen-bond acceptors (Lipinski definition) is 2. The fourth-order valence-electron chi connectivity index (χ4n) is 2.37. The van der Waals surface area contributed by atoms with E-state index in [1.165, 1.54) is 5.56 Å². The van der Waals surface area contributed by atoms with Crippen LogP contribution in [0.25, 0.3) is 0 Å². The Hall–Kier alpha value is -1.35. The van der Waals surface area contributed by atoms with Crippen molar-refractivity contribution in [1.29, 1.82) is 0 Å². The van der Waals surface area contributed by atoms with Gasteiger partial charge in [-0.25, -0.2) is 0 Å². The highest BCUT2D eigenvalue weighted by Crippen LogP contribution is 2.09. The molecule has 0 spiro atoms. The number of benzene rings is 1. The molecule has 0 aromatic heterocycles. The first-order valence-corrected chi connectivity index (χ1v) is 6.83. The molecular formula is C15H22N2O. The molecule has 0 saturated carbocycles. The van der Waals surface area contributed by atoms with E-state index in [0.717, 1.165) is 39.1 Å². The molecule has 0 aliphatic carbocycles. The van der Waals surface area contributed by atoms with Gasteiger partial charge in [-0.1, -0.05) is 37.3 Å². The molecule has 18 heavy (non-hydrogen) atoms. The topological polar surface area (TPSA) is 23.6 Å². The van der Waals surface area contributed by atoms with Crippen molar-refractivity contribution in [3.63, 3.8) is 0 Å². The molecule has 98 valence electrons. The van der Waals surface area contributed by atoms with Crippen molar-refractivity contribution >= 4 is 5.91 Å². The molecule has 0 unspecified atom stereocenters. The summed E-state index contributed by atoms with van der Waals surface area (Å²) in [6, 6.07) is 10.5. The van der Waals surface area contributed by atoms with Crippen LogP contribution in [0.15, 0.2) is 30.3 Å². The standard InChI is InChI=1S/C15H22N2O/c1-2-6-15(18)17-11-9-16(10-12-17)13-14-7-4-3-5-8-14/h3-5,7-8H,2,6,9-13H2,1H3. The number of amides is 1. The van der Waals surface area contributed by atoms with Crippen LogP contribution >= 0.6 is 0 Å². The lowest BCUT2D eigenvalue weighted by atomic mass is 10.2. The van der Waals surface area contributed by atoms with Gasteiger partial charge < -0.3 is 4.90 Å². The Morgan fingerprint density at radius 2 is 1.78 bits per heavy atom. The van der Waals surface area contributed by atoms with E-state index in [1.807, 2.05) is 11.0 Å². The molecule has 0 atom stereocenters. The Labute approximate surface area is 109 Å². The maximum atomic E-state index is 11.8. The quantitative estimate of drug-likeness (QED) is 0.812. The van der Waals surface area contributed by atoms with E-state index < -0.39 is 0 Å². The van der Waals surface area contributed by atoms with Crippen molar-refractivity contribution in [2.75, 3.05) is 26.2 Å². The molecule has 1 saturated heterocycles. The van der Waals surface area contributed by atoms with Gasteiger partial charge in [0.05, 0.1) is 0 Å². The fourth-order valence-corrected chi connectivity index (χ4v) is 2.37. The zero-order valence-electron chi connectivity index (χ0n) is 11.1. The highest BCUT2D eigenvalue weighted by Gasteiger charge is 2.20. The predicted molar refractivity (Wildman–Crippen MR) is 73.2 cm³/mol. The van der Waals surface area contributed by atoms with E-state index in [9.17, 15) is 4.79 Å². The molecular weight excluding hydrogens is 224 g/mol. The molecule has 3 heteroatoms. The molecule has 1 heterocycles. The monoisotopic (exact) mass is 246 g/mol. The minimum absolute atomic E-state index is 0.317. The summed E-state index contributed by atoms with van der Waals surface area (Å²) in [5, 5.41) is 0. The number of piperazine rings is 1. The molecule has 1 amide bonds. The predicted octanol–water partition coefficient (Wildman–Crippen LogP) is 2.13. The van der Waals surface area contributed by atoms with E-state index in [1.54, 1.807) is 0 Å². The van der Waals surface area contributed by atoms with Crippen LogP contribution in [0.4, 0.5) is 0 Å². The second-order valence-corrected chi connectivity index (χ2v) is 4.89. The van der Waals surface area contributed by atoms with Gasteiger partial charge in [-0.15, -0.1) is 0 Å². The Morgan fingerprint density at radius 3 is 2.39 bits per heavy atom. The highest BCUT2D eigenvalue weighted by molar-refractivity contribution is 5.76. The van der Waals surface area contributed by atoms with Gasteiger partial charge in [0.2, 0.25) is 5.91 Å². The first kappa shape index (κ1) is 13.1. The van der Waals surface area contributed by atoms with Crippen molar-refractivity contribution in [1.82, 2.24) is 9.80 Å². The third-order valence-corrected chi connectivity index (χ3v) is 3.44. The summed E-state index contributed by atoms with van der Waals surface area (Å²) in [5.74, 6) is 0.317. The molecule has 1 fully saturated rings. The smallest absolute Gasteiger partial charge is 0.222 e. The lowest BCUT2D eigenvalue weighted by Gasteiger charge is -2.34. The highest BCUT2D eigenvalue weighted by atomic mass is 16.2. The molecule has 0 bridgehead atoms. The summed E-state index contributed by atoms with van der Waals surface area (Å²) in [7, 11) is 0. The minimum Gasteiger partial charge on any atom is -0.340 e. The molecule has 0 N–H and O–H groups in total. The van der Waals surface area contributed by atoms with Gasteiger partial charge in [0, 0.05) is 39.1 Å². The van der Waals surface area contributed by atoms with Gasteiger partial charge in [-0.3, -0.25) is 9.69 Å². The Kier molecular flexibility index (Phi) is 4.76. The molecule has 0 radical (unpaired) electrons. The summed E-state index contributed by atoms with van der Waals surface area (Å²) in [4.78, 5) is 16.2.